The second-order valence-corrected chi connectivity index (χ2v) is 17.7. The van der Waals surface area contributed by atoms with Crippen molar-refractivity contribution in [2.45, 2.75) is 59.0 Å². The van der Waals surface area contributed by atoms with Gasteiger partial charge in [-0.05, 0) is 151 Å². The van der Waals surface area contributed by atoms with Crippen molar-refractivity contribution in [3.63, 3.8) is 0 Å². The molecule has 4 aromatic heterocycles. The Hall–Kier alpha value is -7.84. The standard InChI is InChI=1S/C57H54N8O4S/c1-40-28-43(16-19-51(40)56-52-20-17-48(66)32-54(52)69-55-33-49(67)18-21-53(55)56)63-57(70)62-26-10-11-27-68-50-30-41(34-64(36-44-12-2-6-22-58-44)37-45-13-3-7-23-59-45)29-42(31-50)35-65(38-46-14-4-8-24-60-46)39-47-15-5-9-25-61-47/h2-9,12-25,28-33,66H,10-11,26-27,34-39H2,1H3,(H2,62,63,70). The maximum atomic E-state index is 12.2. The first-order valence-corrected chi connectivity index (χ1v) is 23.8. The van der Waals surface area contributed by atoms with E-state index in [1.54, 1.807) is 24.3 Å². The molecule has 0 spiro atoms. The van der Waals surface area contributed by atoms with E-state index < -0.39 is 0 Å². The first kappa shape index (κ1) is 47.2. The number of aromatic hydroxyl groups is 1. The lowest BCUT2D eigenvalue weighted by Gasteiger charge is -2.25. The number of aryl methyl sites for hydroxylation is 1. The summed E-state index contributed by atoms with van der Waals surface area (Å²) in [5, 5.41) is 18.3. The van der Waals surface area contributed by atoms with Crippen LogP contribution in [0.1, 0.15) is 52.3 Å². The molecule has 0 amide bonds. The van der Waals surface area contributed by atoms with Gasteiger partial charge in [-0.1, -0.05) is 36.4 Å². The largest absolute Gasteiger partial charge is 0.508 e. The quantitative estimate of drug-likeness (QED) is 0.0379. The van der Waals surface area contributed by atoms with Gasteiger partial charge in [0.25, 0.3) is 0 Å². The molecule has 0 radical (unpaired) electrons. The van der Waals surface area contributed by atoms with E-state index in [9.17, 15) is 9.90 Å². The van der Waals surface area contributed by atoms with Crippen LogP contribution in [-0.2, 0) is 39.3 Å². The molecule has 1 aliphatic heterocycles. The molecule has 1 aliphatic carbocycles. The molecule has 0 saturated heterocycles. The molecule has 13 heteroatoms. The van der Waals surface area contributed by atoms with Crippen LogP contribution in [0.4, 0.5) is 5.69 Å². The SMILES string of the molecule is Cc1cc(NC(=S)NCCCCOc2cc(CN(Cc3ccccn3)Cc3ccccn3)cc(CN(Cc3ccccn3)Cc3ccccn3)c2)ccc1-c1c2ccc(=O)cc-2oc2cc(O)ccc12. The number of pyridine rings is 4. The Bertz CT molecular complexity index is 2990. The molecular weight excluding hydrogens is 893 g/mol. The number of aromatic nitrogens is 4. The van der Waals surface area contributed by atoms with Crippen LogP contribution < -0.4 is 20.8 Å². The van der Waals surface area contributed by atoms with Crippen LogP contribution in [0.3, 0.4) is 0 Å². The van der Waals surface area contributed by atoms with Gasteiger partial charge in [0.2, 0.25) is 0 Å². The van der Waals surface area contributed by atoms with Crippen molar-refractivity contribution in [3.05, 3.63) is 220 Å². The van der Waals surface area contributed by atoms with Crippen molar-refractivity contribution >= 4 is 34.0 Å². The molecule has 3 N–H and O–H groups in total. The van der Waals surface area contributed by atoms with E-state index in [0.717, 1.165) is 85.8 Å². The number of ether oxygens (including phenoxy) is 1. The van der Waals surface area contributed by atoms with Crippen molar-refractivity contribution in [1.82, 2.24) is 35.1 Å². The summed E-state index contributed by atoms with van der Waals surface area (Å²) < 4.78 is 12.6. The highest BCUT2D eigenvalue weighted by Gasteiger charge is 2.20. The molecule has 0 atom stereocenters. The molecular formula is C57H54N8O4S. The van der Waals surface area contributed by atoms with Crippen molar-refractivity contribution in [3.8, 4) is 33.9 Å². The fourth-order valence-electron chi connectivity index (χ4n) is 8.69. The lowest BCUT2D eigenvalue weighted by Crippen LogP contribution is -2.29. The summed E-state index contributed by atoms with van der Waals surface area (Å²) in [6, 6.07) is 46.7. The second-order valence-electron chi connectivity index (χ2n) is 17.3. The summed E-state index contributed by atoms with van der Waals surface area (Å²) in [7, 11) is 0. The van der Waals surface area contributed by atoms with E-state index in [1.165, 1.54) is 6.07 Å². The van der Waals surface area contributed by atoms with Gasteiger partial charge in [-0.2, -0.15) is 0 Å². The zero-order valence-corrected chi connectivity index (χ0v) is 39.8. The third-order valence-electron chi connectivity index (χ3n) is 11.8. The molecule has 352 valence electrons. The van der Waals surface area contributed by atoms with Crippen LogP contribution in [-0.4, -0.2) is 53.1 Å². The summed E-state index contributed by atoms with van der Waals surface area (Å²) >= 11 is 5.73. The number of nitrogens with one attached hydrogen (secondary N) is 2. The number of phenols is 1. The Labute approximate surface area is 413 Å². The van der Waals surface area contributed by atoms with Crippen LogP contribution in [0, 0.1) is 6.92 Å². The topological polar surface area (TPSA) is 142 Å². The van der Waals surface area contributed by atoms with Crippen molar-refractivity contribution in [1.29, 1.82) is 0 Å². The molecule has 12 nitrogen and oxygen atoms in total. The van der Waals surface area contributed by atoms with E-state index in [4.69, 9.17) is 21.4 Å². The van der Waals surface area contributed by atoms with E-state index >= 15 is 0 Å². The van der Waals surface area contributed by atoms with Crippen LogP contribution in [0.15, 0.2) is 180 Å². The maximum absolute atomic E-state index is 12.2. The molecule has 2 aliphatic rings. The van der Waals surface area contributed by atoms with Gasteiger partial charge < -0.3 is 24.9 Å². The van der Waals surface area contributed by atoms with Gasteiger partial charge >= 0.3 is 0 Å². The number of rotatable bonds is 20. The van der Waals surface area contributed by atoms with Crippen LogP contribution in [0.25, 0.3) is 33.4 Å². The number of unbranched alkanes of at least 4 members (excludes halogenated alkanes) is 1. The molecule has 7 aromatic rings. The zero-order chi connectivity index (χ0) is 48.1. The highest BCUT2D eigenvalue weighted by Crippen LogP contribution is 2.42. The van der Waals surface area contributed by atoms with Crippen molar-refractivity contribution < 1.29 is 14.3 Å². The Kier molecular flexibility index (Phi) is 15.5. The third kappa shape index (κ3) is 12.8. The smallest absolute Gasteiger partial charge is 0.182 e. The Morgan fingerprint density at radius 2 is 1.20 bits per heavy atom. The minimum absolute atomic E-state index is 0.0885. The maximum Gasteiger partial charge on any atom is 0.182 e. The molecule has 0 bridgehead atoms. The monoisotopic (exact) mass is 946 g/mol. The number of hydrogen-bond acceptors (Lipinski definition) is 11. The molecule has 9 rings (SSSR count). The average Bonchev–Trinajstić information content (AvgIpc) is 3.35. The minimum Gasteiger partial charge on any atom is -0.508 e. The third-order valence-corrected chi connectivity index (χ3v) is 12.1. The number of anilines is 1. The number of nitrogens with zero attached hydrogens (tertiary/aromatic N) is 6. The lowest BCUT2D eigenvalue weighted by atomic mass is 9.91. The summed E-state index contributed by atoms with van der Waals surface area (Å²) in [4.78, 5) is 35.6. The summed E-state index contributed by atoms with van der Waals surface area (Å²) in [6.07, 6.45) is 9.02. The fourth-order valence-corrected chi connectivity index (χ4v) is 8.91. The summed E-state index contributed by atoms with van der Waals surface area (Å²) in [5.41, 5.74) is 11.2. The second kappa shape index (κ2) is 23.0. The van der Waals surface area contributed by atoms with Gasteiger partial charge in [-0.15, -0.1) is 0 Å². The van der Waals surface area contributed by atoms with Crippen LogP contribution in [0.2, 0.25) is 0 Å². The van der Waals surface area contributed by atoms with Crippen molar-refractivity contribution in [2.75, 3.05) is 18.5 Å². The molecule has 3 aromatic carbocycles. The van der Waals surface area contributed by atoms with Gasteiger partial charge in [0, 0.05) is 105 Å². The molecule has 70 heavy (non-hydrogen) atoms. The number of fused-ring (bicyclic) bond motifs is 2. The predicted octanol–water partition coefficient (Wildman–Crippen LogP) is 10.7. The van der Waals surface area contributed by atoms with Gasteiger partial charge in [-0.25, -0.2) is 0 Å². The van der Waals surface area contributed by atoms with Crippen LogP contribution >= 0.6 is 12.2 Å². The van der Waals surface area contributed by atoms with Gasteiger partial charge in [-0.3, -0.25) is 34.5 Å². The summed E-state index contributed by atoms with van der Waals surface area (Å²) in [5.74, 6) is 1.37. The van der Waals surface area contributed by atoms with Gasteiger partial charge in [0.05, 0.1) is 29.4 Å². The van der Waals surface area contributed by atoms with Gasteiger partial charge in [0.15, 0.2) is 10.5 Å². The minimum atomic E-state index is -0.146. The zero-order valence-electron chi connectivity index (χ0n) is 39.0. The van der Waals surface area contributed by atoms with Gasteiger partial charge in [0.1, 0.15) is 22.8 Å². The predicted molar refractivity (Wildman–Crippen MR) is 279 cm³/mol. The highest BCUT2D eigenvalue weighted by atomic mass is 32.1. The first-order chi connectivity index (χ1) is 34.3. The number of benzene rings is 4. The first-order valence-electron chi connectivity index (χ1n) is 23.4. The molecule has 0 fully saturated rings. The fraction of sp³-hybridized carbons (Fsp3) is 0.193. The Morgan fingerprint density at radius 1 is 0.629 bits per heavy atom. The normalized spacial score (nSPS) is 11.4. The highest BCUT2D eigenvalue weighted by molar-refractivity contribution is 7.80. The lowest BCUT2D eigenvalue weighted by molar-refractivity contribution is 0.236. The average molecular weight is 947 g/mol. The summed E-state index contributed by atoms with van der Waals surface area (Å²) in [6.45, 7) is 7.23. The molecule has 0 saturated carbocycles. The number of thiocarbonyl (C=S) groups is 1. The van der Waals surface area contributed by atoms with E-state index in [1.807, 2.05) is 98.4 Å². The van der Waals surface area contributed by atoms with Crippen LogP contribution in [0.5, 0.6) is 11.5 Å². The van der Waals surface area contributed by atoms with E-state index in [2.05, 4.69) is 88.9 Å². The number of hydrogen-bond donors (Lipinski definition) is 3. The Morgan fingerprint density at radius 3 is 1.74 bits per heavy atom. The van der Waals surface area contributed by atoms with Crippen molar-refractivity contribution in [2.24, 2.45) is 0 Å². The van der Waals surface area contributed by atoms with E-state index in [0.29, 0.717) is 68.9 Å². The molecule has 0 unspecified atom stereocenters. The molecule has 5 heterocycles. The van der Waals surface area contributed by atoms with E-state index in [-0.39, 0.29) is 11.2 Å². The number of phenolic OH excluding ortho intramolecular Hbond substituents is 1. The Balaban J connectivity index is 0.857.